The molecule has 1 atom stereocenters. The summed E-state index contributed by atoms with van der Waals surface area (Å²) in [5.74, 6) is -1.30. The lowest BCUT2D eigenvalue weighted by atomic mass is 10.1. The van der Waals surface area contributed by atoms with Gasteiger partial charge in [-0.1, -0.05) is 15.9 Å². The van der Waals surface area contributed by atoms with Crippen LogP contribution in [0.2, 0.25) is 0 Å². The molecule has 5 nitrogen and oxygen atoms in total. The smallest absolute Gasteiger partial charge is 0.227 e. The van der Waals surface area contributed by atoms with Gasteiger partial charge in [-0.2, -0.15) is 0 Å². The minimum Gasteiger partial charge on any atom is -0.312 e. The van der Waals surface area contributed by atoms with E-state index in [0.717, 1.165) is 0 Å². The number of primary sulfonamides is 1. The van der Waals surface area contributed by atoms with Gasteiger partial charge in [0.1, 0.15) is 5.82 Å². The molecule has 1 saturated heterocycles. The van der Waals surface area contributed by atoms with E-state index in [4.69, 9.17) is 5.14 Å². The second-order valence-corrected chi connectivity index (χ2v) is 7.11. The first-order chi connectivity index (χ1) is 8.74. The van der Waals surface area contributed by atoms with Crippen LogP contribution in [0.3, 0.4) is 0 Å². The third kappa shape index (κ3) is 3.74. The molecule has 1 unspecified atom stereocenters. The summed E-state index contributed by atoms with van der Waals surface area (Å²) < 4.78 is 35.9. The van der Waals surface area contributed by atoms with Crippen LogP contribution in [-0.4, -0.2) is 26.6 Å². The van der Waals surface area contributed by atoms with Crippen molar-refractivity contribution in [2.75, 3.05) is 17.2 Å². The Morgan fingerprint density at radius 2 is 2.11 bits per heavy atom. The van der Waals surface area contributed by atoms with Crippen LogP contribution in [0.4, 0.5) is 10.1 Å². The van der Waals surface area contributed by atoms with Crippen molar-refractivity contribution in [3.8, 4) is 0 Å². The fourth-order valence-corrected chi connectivity index (χ4v) is 3.50. The van der Waals surface area contributed by atoms with E-state index in [2.05, 4.69) is 15.9 Å². The molecule has 0 spiro atoms. The van der Waals surface area contributed by atoms with Gasteiger partial charge < -0.3 is 4.90 Å². The first kappa shape index (κ1) is 14.4. The summed E-state index contributed by atoms with van der Waals surface area (Å²) in [6.45, 7) is 0.227. The van der Waals surface area contributed by atoms with Crippen molar-refractivity contribution in [1.29, 1.82) is 0 Å². The van der Waals surface area contributed by atoms with Gasteiger partial charge in [0.2, 0.25) is 15.9 Å². The molecule has 2 N–H and O–H groups in total. The van der Waals surface area contributed by atoms with Crippen molar-refractivity contribution >= 4 is 37.5 Å². The average molecular weight is 351 g/mol. The highest BCUT2D eigenvalue weighted by atomic mass is 79.9. The van der Waals surface area contributed by atoms with Gasteiger partial charge in [-0.05, 0) is 18.2 Å². The molecular weight excluding hydrogens is 339 g/mol. The highest BCUT2D eigenvalue weighted by molar-refractivity contribution is 9.10. The molecule has 1 aliphatic heterocycles. The minimum absolute atomic E-state index is 0.102. The van der Waals surface area contributed by atoms with E-state index >= 15 is 0 Å². The summed E-state index contributed by atoms with van der Waals surface area (Å²) in [5, 5.41) is 4.97. The zero-order valence-corrected chi connectivity index (χ0v) is 12.2. The first-order valence-electron chi connectivity index (χ1n) is 5.51. The van der Waals surface area contributed by atoms with Gasteiger partial charge in [0.25, 0.3) is 0 Å². The molecule has 1 fully saturated rings. The maximum atomic E-state index is 13.3. The number of hydrogen-bond acceptors (Lipinski definition) is 3. The predicted octanol–water partition coefficient (Wildman–Crippen LogP) is 1.23. The van der Waals surface area contributed by atoms with Crippen molar-refractivity contribution < 1.29 is 17.6 Å². The van der Waals surface area contributed by atoms with Crippen LogP contribution in [0, 0.1) is 11.7 Å². The van der Waals surface area contributed by atoms with Crippen molar-refractivity contribution in [2.24, 2.45) is 11.1 Å². The van der Waals surface area contributed by atoms with E-state index in [-0.39, 0.29) is 30.5 Å². The van der Waals surface area contributed by atoms with Crippen molar-refractivity contribution in [3.05, 3.63) is 28.5 Å². The zero-order chi connectivity index (χ0) is 14.2. The van der Waals surface area contributed by atoms with E-state index in [0.29, 0.717) is 10.2 Å². The van der Waals surface area contributed by atoms with E-state index in [1.807, 2.05) is 0 Å². The molecule has 8 heteroatoms. The summed E-state index contributed by atoms with van der Waals surface area (Å²) in [5.41, 5.74) is 0.411. The Hall–Kier alpha value is -0.990. The molecule has 1 aromatic carbocycles. The van der Waals surface area contributed by atoms with Crippen molar-refractivity contribution in [1.82, 2.24) is 0 Å². The number of rotatable bonds is 3. The fourth-order valence-electron chi connectivity index (χ4n) is 2.17. The Morgan fingerprint density at radius 1 is 1.42 bits per heavy atom. The standard InChI is InChI=1S/C11H12BrFN2O3S/c12-8-2-9(13)4-10(3-8)15-5-7(1-11(15)16)6-19(14,17)18/h2-4,7H,1,5-6H2,(H2,14,17,18). The van der Waals surface area contributed by atoms with Gasteiger partial charge in [0.05, 0.1) is 5.75 Å². The molecule has 1 amide bonds. The second-order valence-electron chi connectivity index (χ2n) is 4.53. The Bertz CT molecular complexity index is 600. The highest BCUT2D eigenvalue weighted by Gasteiger charge is 2.33. The molecule has 1 aromatic rings. The largest absolute Gasteiger partial charge is 0.312 e. The van der Waals surface area contributed by atoms with Gasteiger partial charge >= 0.3 is 0 Å². The van der Waals surface area contributed by atoms with Crippen molar-refractivity contribution in [2.45, 2.75) is 6.42 Å². The SMILES string of the molecule is NS(=O)(=O)CC1CC(=O)N(c2cc(F)cc(Br)c2)C1. The van der Waals surface area contributed by atoms with Crippen LogP contribution >= 0.6 is 15.9 Å². The van der Waals surface area contributed by atoms with Crippen LogP contribution in [0.25, 0.3) is 0 Å². The Kier molecular flexibility index (Phi) is 3.93. The fraction of sp³-hybridized carbons (Fsp3) is 0.364. The quantitative estimate of drug-likeness (QED) is 0.890. The molecule has 0 aromatic heterocycles. The first-order valence-corrected chi connectivity index (χ1v) is 8.02. The number of carbonyl (C=O) groups is 1. The molecule has 0 saturated carbocycles. The van der Waals surface area contributed by atoms with Gasteiger partial charge in [-0.25, -0.2) is 17.9 Å². The number of nitrogens with two attached hydrogens (primary N) is 1. The number of carbonyl (C=O) groups excluding carboxylic acids is 1. The maximum absolute atomic E-state index is 13.3. The third-order valence-electron chi connectivity index (χ3n) is 2.83. The summed E-state index contributed by atoms with van der Waals surface area (Å²) in [6, 6.07) is 4.13. The average Bonchev–Trinajstić information content (AvgIpc) is 2.54. The number of amides is 1. The molecule has 104 valence electrons. The number of benzene rings is 1. The van der Waals surface area contributed by atoms with Crippen LogP contribution in [0.15, 0.2) is 22.7 Å². The molecule has 0 bridgehead atoms. The number of hydrogen-bond donors (Lipinski definition) is 1. The highest BCUT2D eigenvalue weighted by Crippen LogP contribution is 2.28. The van der Waals surface area contributed by atoms with Gasteiger partial charge in [-0.3, -0.25) is 4.79 Å². The van der Waals surface area contributed by atoms with Crippen LogP contribution in [0.5, 0.6) is 0 Å². The lowest BCUT2D eigenvalue weighted by Crippen LogP contribution is -2.27. The Balaban J connectivity index is 2.20. The van der Waals surface area contributed by atoms with Crippen molar-refractivity contribution in [3.63, 3.8) is 0 Å². The normalized spacial score (nSPS) is 20.1. The number of sulfonamides is 1. The lowest BCUT2D eigenvalue weighted by molar-refractivity contribution is -0.117. The third-order valence-corrected chi connectivity index (χ3v) is 4.23. The zero-order valence-electron chi connectivity index (χ0n) is 9.84. The summed E-state index contributed by atoms with van der Waals surface area (Å²) >= 11 is 3.15. The predicted molar refractivity (Wildman–Crippen MR) is 72.5 cm³/mol. The summed E-state index contributed by atoms with van der Waals surface area (Å²) in [7, 11) is -3.62. The lowest BCUT2D eigenvalue weighted by Gasteiger charge is -2.17. The number of anilines is 1. The second kappa shape index (κ2) is 5.18. The van der Waals surface area contributed by atoms with Gasteiger partial charge in [-0.15, -0.1) is 0 Å². The topological polar surface area (TPSA) is 80.5 Å². The van der Waals surface area contributed by atoms with E-state index in [1.54, 1.807) is 6.07 Å². The molecule has 1 heterocycles. The van der Waals surface area contributed by atoms with Gasteiger partial charge in [0, 0.05) is 29.0 Å². The monoisotopic (exact) mass is 350 g/mol. The van der Waals surface area contributed by atoms with E-state index in [1.165, 1.54) is 17.0 Å². The molecule has 2 rings (SSSR count). The van der Waals surface area contributed by atoms with Crippen LogP contribution in [0.1, 0.15) is 6.42 Å². The molecule has 19 heavy (non-hydrogen) atoms. The molecule has 0 aliphatic carbocycles. The van der Waals surface area contributed by atoms with Gasteiger partial charge in [0.15, 0.2) is 0 Å². The summed E-state index contributed by atoms with van der Waals surface area (Å²) in [6.07, 6.45) is 0.102. The molecule has 1 aliphatic rings. The van der Waals surface area contributed by atoms with Crippen LogP contribution in [-0.2, 0) is 14.8 Å². The van der Waals surface area contributed by atoms with E-state index in [9.17, 15) is 17.6 Å². The summed E-state index contributed by atoms with van der Waals surface area (Å²) in [4.78, 5) is 13.2. The van der Waals surface area contributed by atoms with E-state index < -0.39 is 15.8 Å². The number of nitrogens with zero attached hydrogens (tertiary/aromatic N) is 1. The van der Waals surface area contributed by atoms with Crippen LogP contribution < -0.4 is 10.0 Å². The molecular formula is C11H12BrFN2O3S. The maximum Gasteiger partial charge on any atom is 0.227 e. The minimum atomic E-state index is -3.62. The Morgan fingerprint density at radius 3 is 2.68 bits per heavy atom. The Labute approximate surface area is 118 Å². The molecule has 0 radical (unpaired) electrons. The number of halogens is 2.